The number of nitrogens with one attached hydrogen (secondary N) is 1. The molecule has 1 N–H and O–H groups in total. The van der Waals surface area contributed by atoms with Crippen molar-refractivity contribution in [3.8, 4) is 0 Å². The summed E-state index contributed by atoms with van der Waals surface area (Å²) in [7, 11) is 0. The molecule has 0 saturated carbocycles. The van der Waals surface area contributed by atoms with Gasteiger partial charge in [0.05, 0.1) is 6.04 Å². The average molecular weight is 298 g/mol. The molecule has 19 heavy (non-hydrogen) atoms. The van der Waals surface area contributed by atoms with Crippen LogP contribution in [0.15, 0.2) is 42.5 Å². The van der Waals surface area contributed by atoms with E-state index in [4.69, 9.17) is 23.2 Å². The summed E-state index contributed by atoms with van der Waals surface area (Å²) in [5, 5.41) is 4.38. The minimum absolute atomic E-state index is 0.146. The molecule has 1 unspecified atom stereocenters. The Morgan fingerprint density at radius 1 is 1.05 bits per heavy atom. The lowest BCUT2D eigenvalue weighted by molar-refractivity contribution is 0.614. The fourth-order valence-corrected chi connectivity index (χ4v) is 2.56. The number of hydrogen-bond acceptors (Lipinski definition) is 1. The van der Waals surface area contributed by atoms with Crippen molar-refractivity contribution in [2.24, 2.45) is 0 Å². The predicted molar refractivity (Wildman–Crippen MR) is 78.4 cm³/mol. The Hall–Kier alpha value is -1.09. The third-order valence-electron chi connectivity index (χ3n) is 2.90. The Morgan fingerprint density at radius 3 is 2.37 bits per heavy atom. The van der Waals surface area contributed by atoms with Gasteiger partial charge in [-0.15, -0.1) is 0 Å². The Balaban J connectivity index is 2.48. The number of halogens is 3. The Labute approximate surface area is 122 Å². The maximum absolute atomic E-state index is 13.1. The molecule has 4 heteroatoms. The first-order chi connectivity index (χ1) is 9.13. The Morgan fingerprint density at radius 2 is 1.74 bits per heavy atom. The normalized spacial score (nSPS) is 12.4. The summed E-state index contributed by atoms with van der Waals surface area (Å²) < 4.78 is 13.1. The molecule has 1 nitrogen and oxygen atoms in total. The smallest absolute Gasteiger partial charge is 0.124 e. The molecule has 0 spiro atoms. The van der Waals surface area contributed by atoms with Crippen molar-refractivity contribution in [3.05, 3.63) is 69.5 Å². The lowest BCUT2D eigenvalue weighted by atomic mass is 9.98. The summed E-state index contributed by atoms with van der Waals surface area (Å²) >= 11 is 12.4. The molecule has 0 heterocycles. The van der Waals surface area contributed by atoms with E-state index in [1.54, 1.807) is 6.07 Å². The molecule has 0 radical (unpaired) electrons. The minimum atomic E-state index is -0.344. The fourth-order valence-electron chi connectivity index (χ4n) is 2.04. The van der Waals surface area contributed by atoms with Gasteiger partial charge in [-0.2, -0.15) is 0 Å². The van der Waals surface area contributed by atoms with Crippen LogP contribution in [0.2, 0.25) is 10.0 Å². The molecule has 2 rings (SSSR count). The Kier molecular flexibility index (Phi) is 4.81. The first kappa shape index (κ1) is 14.3. The second-order valence-corrected chi connectivity index (χ2v) is 4.99. The predicted octanol–water partition coefficient (Wildman–Crippen LogP) is 4.83. The van der Waals surface area contributed by atoms with E-state index >= 15 is 0 Å². The highest BCUT2D eigenvalue weighted by Crippen LogP contribution is 2.32. The van der Waals surface area contributed by atoms with Gasteiger partial charge in [-0.3, -0.25) is 0 Å². The second kappa shape index (κ2) is 6.38. The zero-order valence-corrected chi connectivity index (χ0v) is 12.0. The highest BCUT2D eigenvalue weighted by molar-refractivity contribution is 6.32. The SMILES string of the molecule is CCNC(c1ccccc1Cl)c1ccc(F)cc1Cl. The van der Waals surface area contributed by atoms with Crippen LogP contribution in [-0.2, 0) is 0 Å². The molecule has 0 aliphatic carbocycles. The van der Waals surface area contributed by atoms with E-state index in [0.717, 1.165) is 17.7 Å². The van der Waals surface area contributed by atoms with Crippen molar-refractivity contribution in [1.82, 2.24) is 5.32 Å². The highest BCUT2D eigenvalue weighted by atomic mass is 35.5. The van der Waals surface area contributed by atoms with E-state index in [0.29, 0.717) is 10.0 Å². The molecule has 0 aliphatic heterocycles. The fraction of sp³-hybridized carbons (Fsp3) is 0.200. The largest absolute Gasteiger partial charge is 0.306 e. The van der Waals surface area contributed by atoms with E-state index in [1.165, 1.54) is 12.1 Å². The van der Waals surface area contributed by atoms with Crippen LogP contribution in [0, 0.1) is 5.82 Å². The molecule has 2 aromatic carbocycles. The molecule has 0 amide bonds. The number of rotatable bonds is 4. The first-order valence-corrected chi connectivity index (χ1v) is 6.81. The highest BCUT2D eigenvalue weighted by Gasteiger charge is 2.18. The quantitative estimate of drug-likeness (QED) is 0.852. The molecule has 0 aliphatic rings. The van der Waals surface area contributed by atoms with E-state index in [2.05, 4.69) is 5.32 Å². The van der Waals surface area contributed by atoms with Crippen molar-refractivity contribution in [2.45, 2.75) is 13.0 Å². The van der Waals surface area contributed by atoms with Crippen LogP contribution < -0.4 is 5.32 Å². The van der Waals surface area contributed by atoms with Gasteiger partial charge in [0.1, 0.15) is 5.82 Å². The van der Waals surface area contributed by atoms with Crippen LogP contribution in [0.3, 0.4) is 0 Å². The van der Waals surface area contributed by atoms with Gasteiger partial charge >= 0.3 is 0 Å². The molecular weight excluding hydrogens is 284 g/mol. The zero-order valence-electron chi connectivity index (χ0n) is 10.5. The molecule has 0 aromatic heterocycles. The maximum atomic E-state index is 13.1. The van der Waals surface area contributed by atoms with E-state index in [-0.39, 0.29) is 11.9 Å². The van der Waals surface area contributed by atoms with Gasteiger partial charge in [-0.05, 0) is 35.9 Å². The van der Waals surface area contributed by atoms with Gasteiger partial charge in [-0.1, -0.05) is 54.4 Å². The molecule has 100 valence electrons. The van der Waals surface area contributed by atoms with E-state index < -0.39 is 0 Å². The minimum Gasteiger partial charge on any atom is -0.306 e. The number of hydrogen-bond donors (Lipinski definition) is 1. The van der Waals surface area contributed by atoms with Crippen LogP contribution >= 0.6 is 23.2 Å². The van der Waals surface area contributed by atoms with Gasteiger partial charge in [0.15, 0.2) is 0 Å². The average Bonchev–Trinajstić information content (AvgIpc) is 2.38. The molecule has 0 fully saturated rings. The van der Waals surface area contributed by atoms with Crippen LogP contribution in [0.4, 0.5) is 4.39 Å². The van der Waals surface area contributed by atoms with Gasteiger partial charge in [-0.25, -0.2) is 4.39 Å². The summed E-state index contributed by atoms with van der Waals surface area (Å²) in [6.07, 6.45) is 0. The summed E-state index contributed by atoms with van der Waals surface area (Å²) in [5.74, 6) is -0.344. The van der Waals surface area contributed by atoms with E-state index in [9.17, 15) is 4.39 Å². The van der Waals surface area contributed by atoms with Crippen LogP contribution in [-0.4, -0.2) is 6.54 Å². The van der Waals surface area contributed by atoms with Crippen molar-refractivity contribution >= 4 is 23.2 Å². The molecule has 0 bridgehead atoms. The van der Waals surface area contributed by atoms with Gasteiger partial charge < -0.3 is 5.32 Å². The van der Waals surface area contributed by atoms with Crippen molar-refractivity contribution in [2.75, 3.05) is 6.54 Å². The molecule has 2 aromatic rings. The molecular formula is C15H14Cl2FN. The van der Waals surface area contributed by atoms with Crippen molar-refractivity contribution in [1.29, 1.82) is 0 Å². The van der Waals surface area contributed by atoms with Crippen molar-refractivity contribution in [3.63, 3.8) is 0 Å². The van der Waals surface area contributed by atoms with Gasteiger partial charge in [0.2, 0.25) is 0 Å². The standard InChI is InChI=1S/C15H14Cl2FN/c1-2-19-15(11-5-3-4-6-13(11)16)12-8-7-10(18)9-14(12)17/h3-9,15,19H,2H2,1H3. The zero-order chi connectivity index (χ0) is 13.8. The second-order valence-electron chi connectivity index (χ2n) is 4.18. The third-order valence-corrected chi connectivity index (χ3v) is 3.57. The molecule has 1 atom stereocenters. The van der Waals surface area contributed by atoms with Gasteiger partial charge in [0.25, 0.3) is 0 Å². The van der Waals surface area contributed by atoms with Crippen molar-refractivity contribution < 1.29 is 4.39 Å². The molecule has 0 saturated heterocycles. The summed E-state index contributed by atoms with van der Waals surface area (Å²) in [5.41, 5.74) is 1.75. The van der Waals surface area contributed by atoms with Crippen LogP contribution in [0.5, 0.6) is 0 Å². The maximum Gasteiger partial charge on any atom is 0.124 e. The lowest BCUT2D eigenvalue weighted by Gasteiger charge is -2.21. The first-order valence-electron chi connectivity index (χ1n) is 6.06. The summed E-state index contributed by atoms with van der Waals surface area (Å²) in [6.45, 7) is 2.75. The lowest BCUT2D eigenvalue weighted by Crippen LogP contribution is -2.22. The summed E-state index contributed by atoms with van der Waals surface area (Å²) in [6, 6.07) is 11.8. The van der Waals surface area contributed by atoms with Gasteiger partial charge in [0, 0.05) is 10.0 Å². The number of benzene rings is 2. The van der Waals surface area contributed by atoms with Crippen LogP contribution in [0.1, 0.15) is 24.1 Å². The van der Waals surface area contributed by atoms with Crippen LogP contribution in [0.25, 0.3) is 0 Å². The monoisotopic (exact) mass is 297 g/mol. The topological polar surface area (TPSA) is 12.0 Å². The Bertz CT molecular complexity index is 572. The third kappa shape index (κ3) is 3.27. The van der Waals surface area contributed by atoms with E-state index in [1.807, 2.05) is 31.2 Å². The summed E-state index contributed by atoms with van der Waals surface area (Å²) in [4.78, 5) is 0.